The summed E-state index contributed by atoms with van der Waals surface area (Å²) >= 11 is 0. The number of hydrogen-bond donors (Lipinski definition) is 0. The van der Waals surface area contributed by atoms with Crippen molar-refractivity contribution in [1.29, 1.82) is 0 Å². The molecule has 4 saturated heterocycles. The third kappa shape index (κ3) is 18.9. The lowest BCUT2D eigenvalue weighted by atomic mass is 9.80. The number of hydrogen-bond acceptors (Lipinski definition) is 10. The number of carbonyl (C=O) groups is 1. The Morgan fingerprint density at radius 1 is 0.377 bits per heavy atom. The zero-order valence-corrected chi connectivity index (χ0v) is 41.7. The smallest absolute Gasteiger partial charge is 0.308 e. The van der Waals surface area contributed by atoms with Crippen LogP contribution in [0.25, 0.3) is 0 Å². The molecule has 10 nitrogen and oxygen atoms in total. The molecule has 0 saturated carbocycles. The Labute approximate surface area is 373 Å². The fourth-order valence-corrected chi connectivity index (χ4v) is 9.68. The monoisotopic (exact) mass is 867 g/mol. The molecule has 0 atom stereocenters. The summed E-state index contributed by atoms with van der Waals surface area (Å²) in [5.41, 5.74) is 0.193. The van der Waals surface area contributed by atoms with Gasteiger partial charge in [0.15, 0.2) is 23.1 Å². The van der Waals surface area contributed by atoms with E-state index in [-0.39, 0.29) is 33.5 Å². The van der Waals surface area contributed by atoms with Crippen LogP contribution in [0.15, 0.2) is 0 Å². The summed E-state index contributed by atoms with van der Waals surface area (Å²) in [6.45, 7) is 31.2. The fourth-order valence-electron chi connectivity index (χ4n) is 9.68. The van der Waals surface area contributed by atoms with E-state index in [4.69, 9.17) is 42.6 Å². The van der Waals surface area contributed by atoms with Crippen molar-refractivity contribution in [1.82, 2.24) is 0 Å². The molecule has 0 unspecified atom stereocenters. The Bertz CT molecular complexity index is 1100. The molecule has 4 fully saturated rings. The van der Waals surface area contributed by atoms with Crippen LogP contribution in [0, 0.1) is 39.4 Å². The lowest BCUT2D eigenvalue weighted by Crippen LogP contribution is -2.45. The van der Waals surface area contributed by atoms with Crippen LogP contribution in [0.4, 0.5) is 0 Å². The summed E-state index contributed by atoms with van der Waals surface area (Å²) in [6.07, 6.45) is 19.9. The maximum absolute atomic E-state index is 13.3. The van der Waals surface area contributed by atoms with Crippen molar-refractivity contribution in [2.75, 3.05) is 60.0 Å². The summed E-state index contributed by atoms with van der Waals surface area (Å²) < 4.78 is 54.0. The standard InChI is InChI=1S/C51H94O10/c1-44(2)54-32-48(9,33-55-44)28-16-22-40(23-17-29-49(10)34-56-45(3,4)57-35-49)20-14-26-42(43(52)53-13)27-15-21-41(24-18-30-50(11)36-58-46(5,6)59-37-50)25-19-31-51(12)38-60-47(7,8)61-39-51/h40-42H,14-39H2,1-13H3. The average molecular weight is 867 g/mol. The second-order valence-corrected chi connectivity index (χ2v) is 23.5. The highest BCUT2D eigenvalue weighted by molar-refractivity contribution is 5.72. The lowest BCUT2D eigenvalue weighted by molar-refractivity contribution is -0.283. The number of ether oxygens (including phenoxy) is 9. The van der Waals surface area contributed by atoms with E-state index in [1.165, 1.54) is 25.7 Å². The largest absolute Gasteiger partial charge is 0.469 e. The molecule has 10 heteroatoms. The lowest BCUT2D eigenvalue weighted by Gasteiger charge is -2.42. The number of rotatable bonds is 25. The van der Waals surface area contributed by atoms with E-state index in [0.29, 0.717) is 11.8 Å². The number of carbonyl (C=O) groups excluding carboxylic acids is 1. The van der Waals surface area contributed by atoms with Gasteiger partial charge in [-0.1, -0.05) is 105 Å². The van der Waals surface area contributed by atoms with Crippen molar-refractivity contribution in [2.24, 2.45) is 39.4 Å². The zero-order chi connectivity index (χ0) is 45.1. The molecule has 4 aliphatic heterocycles. The van der Waals surface area contributed by atoms with E-state index >= 15 is 0 Å². The molecule has 0 aliphatic carbocycles. The first-order valence-electron chi connectivity index (χ1n) is 24.6. The van der Waals surface area contributed by atoms with Crippen LogP contribution in [0.1, 0.15) is 199 Å². The molecular weight excluding hydrogens is 773 g/mol. The quantitative estimate of drug-likeness (QED) is 0.0825. The zero-order valence-electron chi connectivity index (χ0n) is 41.7. The molecule has 358 valence electrons. The SMILES string of the molecule is COC(=O)C(CCCC(CCCC1(C)COC(C)(C)OC1)CCCC1(C)COC(C)(C)OC1)CCCC(CCCC1(C)COC(C)(C)OC1)CCCC1(C)COC(C)(C)OC1. The predicted molar refractivity (Wildman–Crippen MR) is 242 cm³/mol. The van der Waals surface area contributed by atoms with Gasteiger partial charge in [0.1, 0.15) is 0 Å². The van der Waals surface area contributed by atoms with Crippen molar-refractivity contribution in [3.63, 3.8) is 0 Å². The third-order valence-corrected chi connectivity index (χ3v) is 14.6. The first kappa shape index (κ1) is 52.8. The highest BCUT2D eigenvalue weighted by atomic mass is 16.7. The minimum atomic E-state index is -0.496. The summed E-state index contributed by atoms with van der Waals surface area (Å²) in [4.78, 5) is 13.3. The normalized spacial score (nSPS) is 24.9. The molecule has 0 amide bonds. The molecule has 0 aromatic rings. The minimum absolute atomic E-state index is 0.0457. The van der Waals surface area contributed by atoms with E-state index in [0.717, 1.165) is 143 Å². The molecule has 0 bridgehead atoms. The maximum Gasteiger partial charge on any atom is 0.308 e. The Balaban J connectivity index is 1.30. The summed E-state index contributed by atoms with van der Waals surface area (Å²) in [6, 6.07) is 0. The summed E-state index contributed by atoms with van der Waals surface area (Å²) in [5.74, 6) is -0.862. The maximum atomic E-state index is 13.3. The molecule has 0 aromatic carbocycles. The predicted octanol–water partition coefficient (Wildman–Crippen LogP) is 12.2. The van der Waals surface area contributed by atoms with Crippen LogP contribution in [0.5, 0.6) is 0 Å². The second kappa shape index (κ2) is 22.6. The third-order valence-electron chi connectivity index (χ3n) is 14.6. The molecular formula is C51H94O10. The molecule has 0 radical (unpaired) electrons. The van der Waals surface area contributed by atoms with Gasteiger partial charge in [-0.3, -0.25) is 4.79 Å². The van der Waals surface area contributed by atoms with Gasteiger partial charge in [0.25, 0.3) is 0 Å². The van der Waals surface area contributed by atoms with E-state index in [9.17, 15) is 4.79 Å². The fraction of sp³-hybridized carbons (Fsp3) is 0.980. The van der Waals surface area contributed by atoms with Gasteiger partial charge in [-0.25, -0.2) is 0 Å². The molecule has 0 aromatic heterocycles. The molecule has 0 N–H and O–H groups in total. The van der Waals surface area contributed by atoms with Gasteiger partial charge >= 0.3 is 5.97 Å². The van der Waals surface area contributed by atoms with Crippen LogP contribution in [0.3, 0.4) is 0 Å². The van der Waals surface area contributed by atoms with Gasteiger partial charge < -0.3 is 42.6 Å². The van der Waals surface area contributed by atoms with Gasteiger partial charge in [0.2, 0.25) is 0 Å². The van der Waals surface area contributed by atoms with Gasteiger partial charge in [0.05, 0.1) is 65.9 Å². The van der Waals surface area contributed by atoms with Crippen molar-refractivity contribution in [3.05, 3.63) is 0 Å². The first-order valence-corrected chi connectivity index (χ1v) is 24.6. The average Bonchev–Trinajstić information content (AvgIpc) is 3.19. The summed E-state index contributed by atoms with van der Waals surface area (Å²) in [7, 11) is 1.56. The van der Waals surface area contributed by atoms with Crippen molar-refractivity contribution < 1.29 is 47.4 Å². The van der Waals surface area contributed by atoms with Crippen LogP contribution in [-0.4, -0.2) is 89.1 Å². The Morgan fingerprint density at radius 2 is 0.590 bits per heavy atom. The van der Waals surface area contributed by atoms with Crippen molar-refractivity contribution in [2.45, 2.75) is 222 Å². The summed E-state index contributed by atoms with van der Waals surface area (Å²) in [5, 5.41) is 0. The number of esters is 1. The highest BCUT2D eigenvalue weighted by Crippen LogP contribution is 2.40. The molecule has 0 spiro atoms. The van der Waals surface area contributed by atoms with Gasteiger partial charge in [-0.05, 0) is 106 Å². The van der Waals surface area contributed by atoms with E-state index in [1.807, 2.05) is 55.4 Å². The van der Waals surface area contributed by atoms with Crippen LogP contribution in [0.2, 0.25) is 0 Å². The number of methoxy groups -OCH3 is 1. The van der Waals surface area contributed by atoms with E-state index in [1.54, 1.807) is 7.11 Å². The van der Waals surface area contributed by atoms with Gasteiger partial charge in [0, 0.05) is 21.7 Å². The van der Waals surface area contributed by atoms with Gasteiger partial charge in [-0.15, -0.1) is 0 Å². The highest BCUT2D eigenvalue weighted by Gasteiger charge is 2.40. The van der Waals surface area contributed by atoms with E-state index < -0.39 is 23.1 Å². The van der Waals surface area contributed by atoms with Crippen LogP contribution >= 0.6 is 0 Å². The van der Waals surface area contributed by atoms with Gasteiger partial charge in [-0.2, -0.15) is 0 Å². The van der Waals surface area contributed by atoms with Crippen LogP contribution in [-0.2, 0) is 47.4 Å². The van der Waals surface area contributed by atoms with E-state index in [2.05, 4.69) is 27.7 Å². The molecule has 61 heavy (non-hydrogen) atoms. The Kier molecular flexibility index (Phi) is 19.5. The first-order chi connectivity index (χ1) is 28.4. The van der Waals surface area contributed by atoms with Crippen molar-refractivity contribution >= 4 is 5.97 Å². The minimum Gasteiger partial charge on any atom is -0.469 e. The second-order valence-electron chi connectivity index (χ2n) is 23.5. The Morgan fingerprint density at radius 3 is 0.803 bits per heavy atom. The Hall–Kier alpha value is -0.850. The molecule has 4 rings (SSSR count). The molecule has 4 aliphatic rings. The van der Waals surface area contributed by atoms with Crippen LogP contribution < -0.4 is 0 Å². The topological polar surface area (TPSA) is 100 Å². The van der Waals surface area contributed by atoms with Crippen molar-refractivity contribution in [3.8, 4) is 0 Å². The molecule has 4 heterocycles.